The zero-order valence-corrected chi connectivity index (χ0v) is 11.6. The lowest BCUT2D eigenvalue weighted by Crippen LogP contribution is -2.43. The summed E-state index contributed by atoms with van der Waals surface area (Å²) in [5.74, 6) is -0.236. The van der Waals surface area contributed by atoms with Crippen molar-refractivity contribution < 1.29 is 13.9 Å². The third-order valence-corrected chi connectivity index (χ3v) is 2.78. The number of hydrogen-bond donors (Lipinski definition) is 2. The minimum absolute atomic E-state index is 0.0300. The van der Waals surface area contributed by atoms with E-state index in [2.05, 4.69) is 10.6 Å². The van der Waals surface area contributed by atoms with Gasteiger partial charge in [0.1, 0.15) is 5.82 Å². The molecule has 2 amide bonds. The number of aryl methyl sites for hydroxylation is 1. The summed E-state index contributed by atoms with van der Waals surface area (Å²) in [5.41, 5.74) is 1.93. The first-order valence-electron chi connectivity index (χ1n) is 6.31. The van der Waals surface area contributed by atoms with Gasteiger partial charge in [0.15, 0.2) is 0 Å². The Kier molecular flexibility index (Phi) is 6.29. The second-order valence-corrected chi connectivity index (χ2v) is 4.58. The molecule has 106 valence electrons. The molecule has 0 aliphatic carbocycles. The van der Waals surface area contributed by atoms with Crippen LogP contribution in [0.4, 0.5) is 9.18 Å². The molecule has 2 N–H and O–H groups in total. The Balaban J connectivity index is 2.31. The summed E-state index contributed by atoms with van der Waals surface area (Å²) in [6, 6.07) is 4.43. The molecular weight excluding hydrogens is 247 g/mol. The van der Waals surface area contributed by atoms with E-state index < -0.39 is 0 Å². The van der Waals surface area contributed by atoms with E-state index in [1.807, 2.05) is 13.8 Å². The van der Waals surface area contributed by atoms with Crippen molar-refractivity contribution >= 4 is 6.03 Å². The SMILES string of the molecule is COCC(C)NC(=O)NCCc1ccc(F)cc1C. The maximum Gasteiger partial charge on any atom is 0.315 e. The van der Waals surface area contributed by atoms with E-state index in [-0.39, 0.29) is 17.9 Å². The van der Waals surface area contributed by atoms with Gasteiger partial charge in [0.05, 0.1) is 12.6 Å². The average molecular weight is 268 g/mol. The number of methoxy groups -OCH3 is 1. The number of urea groups is 1. The number of carbonyl (C=O) groups is 1. The van der Waals surface area contributed by atoms with Crippen molar-refractivity contribution in [2.75, 3.05) is 20.3 Å². The fraction of sp³-hybridized carbons (Fsp3) is 0.500. The highest BCUT2D eigenvalue weighted by atomic mass is 19.1. The van der Waals surface area contributed by atoms with Crippen LogP contribution in [0.1, 0.15) is 18.1 Å². The molecule has 0 saturated heterocycles. The summed E-state index contributed by atoms with van der Waals surface area (Å²) in [7, 11) is 1.59. The summed E-state index contributed by atoms with van der Waals surface area (Å²) in [5, 5.41) is 5.52. The quantitative estimate of drug-likeness (QED) is 0.829. The lowest BCUT2D eigenvalue weighted by atomic mass is 10.1. The van der Waals surface area contributed by atoms with E-state index in [1.54, 1.807) is 13.2 Å². The maximum absolute atomic E-state index is 12.9. The van der Waals surface area contributed by atoms with Gasteiger partial charge in [-0.1, -0.05) is 6.07 Å². The van der Waals surface area contributed by atoms with E-state index in [0.717, 1.165) is 11.1 Å². The second kappa shape index (κ2) is 7.74. The number of hydrogen-bond acceptors (Lipinski definition) is 2. The van der Waals surface area contributed by atoms with Gasteiger partial charge in [-0.05, 0) is 43.5 Å². The molecule has 1 unspecified atom stereocenters. The van der Waals surface area contributed by atoms with Crippen LogP contribution in [0.5, 0.6) is 0 Å². The van der Waals surface area contributed by atoms with Crippen LogP contribution >= 0.6 is 0 Å². The van der Waals surface area contributed by atoms with Crippen molar-refractivity contribution in [1.29, 1.82) is 0 Å². The van der Waals surface area contributed by atoms with Crippen LogP contribution in [0.2, 0.25) is 0 Å². The number of carbonyl (C=O) groups excluding carboxylic acids is 1. The van der Waals surface area contributed by atoms with E-state index in [4.69, 9.17) is 4.74 Å². The number of amides is 2. The molecule has 0 fully saturated rings. The number of rotatable bonds is 6. The molecule has 5 heteroatoms. The summed E-state index contributed by atoms with van der Waals surface area (Å²) in [4.78, 5) is 11.5. The van der Waals surface area contributed by atoms with Crippen LogP contribution < -0.4 is 10.6 Å². The van der Waals surface area contributed by atoms with Crippen LogP contribution in [0.25, 0.3) is 0 Å². The fourth-order valence-corrected chi connectivity index (χ4v) is 1.82. The maximum atomic E-state index is 12.9. The zero-order valence-electron chi connectivity index (χ0n) is 11.6. The lowest BCUT2D eigenvalue weighted by Gasteiger charge is -2.14. The van der Waals surface area contributed by atoms with E-state index in [9.17, 15) is 9.18 Å². The minimum atomic E-state index is -0.236. The Morgan fingerprint density at radius 3 is 2.84 bits per heavy atom. The summed E-state index contributed by atoms with van der Waals surface area (Å²) in [6.07, 6.45) is 0.679. The van der Waals surface area contributed by atoms with E-state index in [0.29, 0.717) is 19.6 Å². The molecule has 19 heavy (non-hydrogen) atoms. The number of benzene rings is 1. The zero-order chi connectivity index (χ0) is 14.3. The Labute approximate surface area is 113 Å². The molecule has 0 heterocycles. The minimum Gasteiger partial charge on any atom is -0.383 e. The summed E-state index contributed by atoms with van der Waals surface area (Å²) < 4.78 is 17.8. The first-order chi connectivity index (χ1) is 9.02. The van der Waals surface area contributed by atoms with Crippen LogP contribution in [-0.4, -0.2) is 32.3 Å². The van der Waals surface area contributed by atoms with Crippen molar-refractivity contribution in [2.24, 2.45) is 0 Å². The molecule has 0 saturated carbocycles. The Hall–Kier alpha value is -1.62. The number of ether oxygens (including phenoxy) is 1. The second-order valence-electron chi connectivity index (χ2n) is 4.58. The van der Waals surface area contributed by atoms with E-state index in [1.165, 1.54) is 12.1 Å². The normalized spacial score (nSPS) is 12.0. The van der Waals surface area contributed by atoms with Gasteiger partial charge in [-0.25, -0.2) is 9.18 Å². The molecule has 1 aromatic rings. The molecule has 0 spiro atoms. The highest BCUT2D eigenvalue weighted by Crippen LogP contribution is 2.10. The predicted octanol–water partition coefficient (Wildman–Crippen LogP) is 2.01. The van der Waals surface area contributed by atoms with Crippen molar-refractivity contribution in [1.82, 2.24) is 10.6 Å². The molecule has 1 atom stereocenters. The molecule has 0 aliphatic heterocycles. The predicted molar refractivity (Wildman–Crippen MR) is 72.7 cm³/mol. The van der Waals surface area contributed by atoms with Gasteiger partial charge in [-0.3, -0.25) is 0 Å². The van der Waals surface area contributed by atoms with Crippen molar-refractivity contribution in [3.05, 3.63) is 35.1 Å². The summed E-state index contributed by atoms with van der Waals surface area (Å²) in [6.45, 7) is 4.72. The Morgan fingerprint density at radius 2 is 2.21 bits per heavy atom. The van der Waals surface area contributed by atoms with Gasteiger partial charge < -0.3 is 15.4 Å². The van der Waals surface area contributed by atoms with Crippen molar-refractivity contribution in [2.45, 2.75) is 26.3 Å². The Morgan fingerprint density at radius 1 is 1.47 bits per heavy atom. The van der Waals surface area contributed by atoms with Gasteiger partial charge >= 0.3 is 6.03 Å². The standard InChI is InChI=1S/C14H21FN2O2/c1-10-8-13(15)5-4-12(10)6-7-16-14(18)17-11(2)9-19-3/h4-5,8,11H,6-7,9H2,1-3H3,(H2,16,17,18). The molecule has 0 aliphatic rings. The van der Waals surface area contributed by atoms with Gasteiger partial charge in [0.2, 0.25) is 0 Å². The number of nitrogens with one attached hydrogen (secondary N) is 2. The first-order valence-corrected chi connectivity index (χ1v) is 6.31. The van der Waals surface area contributed by atoms with Gasteiger partial charge in [-0.15, -0.1) is 0 Å². The average Bonchev–Trinajstić information content (AvgIpc) is 2.32. The fourth-order valence-electron chi connectivity index (χ4n) is 1.82. The smallest absolute Gasteiger partial charge is 0.315 e. The molecule has 4 nitrogen and oxygen atoms in total. The van der Waals surface area contributed by atoms with Gasteiger partial charge in [0.25, 0.3) is 0 Å². The summed E-state index contributed by atoms with van der Waals surface area (Å²) >= 11 is 0. The molecule has 0 aromatic heterocycles. The molecule has 1 rings (SSSR count). The first kappa shape index (κ1) is 15.4. The van der Waals surface area contributed by atoms with Crippen LogP contribution in [0.3, 0.4) is 0 Å². The molecule has 0 bridgehead atoms. The van der Waals surface area contributed by atoms with Crippen LogP contribution in [0, 0.1) is 12.7 Å². The Bertz CT molecular complexity index is 424. The largest absolute Gasteiger partial charge is 0.383 e. The van der Waals surface area contributed by atoms with Crippen molar-refractivity contribution in [3.8, 4) is 0 Å². The topological polar surface area (TPSA) is 50.4 Å². The van der Waals surface area contributed by atoms with Crippen molar-refractivity contribution in [3.63, 3.8) is 0 Å². The highest BCUT2D eigenvalue weighted by Gasteiger charge is 2.06. The van der Waals surface area contributed by atoms with E-state index >= 15 is 0 Å². The molecular formula is C14H21FN2O2. The third kappa shape index (κ3) is 5.70. The van der Waals surface area contributed by atoms with Gasteiger partial charge in [0, 0.05) is 13.7 Å². The lowest BCUT2D eigenvalue weighted by molar-refractivity contribution is 0.171. The third-order valence-electron chi connectivity index (χ3n) is 2.78. The molecule has 0 radical (unpaired) electrons. The van der Waals surface area contributed by atoms with Crippen LogP contribution in [-0.2, 0) is 11.2 Å². The monoisotopic (exact) mass is 268 g/mol. The molecule has 1 aromatic carbocycles. The van der Waals surface area contributed by atoms with Crippen LogP contribution in [0.15, 0.2) is 18.2 Å². The highest BCUT2D eigenvalue weighted by molar-refractivity contribution is 5.74. The van der Waals surface area contributed by atoms with Gasteiger partial charge in [-0.2, -0.15) is 0 Å². The number of halogens is 1.